The summed E-state index contributed by atoms with van der Waals surface area (Å²) in [4.78, 5) is 42.3. The van der Waals surface area contributed by atoms with Crippen LogP contribution in [-0.4, -0.2) is 41.0 Å². The largest absolute Gasteiger partial charge is 0.469 e. The lowest BCUT2D eigenvalue weighted by molar-refractivity contribution is -0.161. The number of carbonyl (C=O) groups is 2. The van der Waals surface area contributed by atoms with Gasteiger partial charge in [0.2, 0.25) is 0 Å². The van der Waals surface area contributed by atoms with Gasteiger partial charge in [-0.3, -0.25) is 14.1 Å². The minimum Gasteiger partial charge on any atom is -0.462 e. The molecule has 262 valence electrons. The molecular weight excluding hydrogens is 579 g/mol. The number of rotatable bonds is 34. The van der Waals surface area contributed by atoms with E-state index in [0.717, 1.165) is 38.5 Å². The van der Waals surface area contributed by atoms with Gasteiger partial charge < -0.3 is 19.3 Å². The van der Waals surface area contributed by atoms with Crippen molar-refractivity contribution in [2.24, 2.45) is 0 Å². The molecule has 44 heavy (non-hydrogen) atoms. The fourth-order valence-electron chi connectivity index (χ4n) is 5.37. The summed E-state index contributed by atoms with van der Waals surface area (Å²) in [5, 5.41) is 0. The van der Waals surface area contributed by atoms with Crippen molar-refractivity contribution in [2.75, 3.05) is 13.2 Å². The number of phosphoric ester groups is 1. The summed E-state index contributed by atoms with van der Waals surface area (Å²) in [6.07, 6.45) is 31.5. The second-order valence-electron chi connectivity index (χ2n) is 12.6. The Morgan fingerprint density at radius 1 is 0.500 bits per heavy atom. The molecule has 0 saturated heterocycles. The summed E-state index contributed by atoms with van der Waals surface area (Å²) in [7, 11) is -4.73. The molecule has 0 aromatic rings. The maximum atomic E-state index is 12.3. The van der Waals surface area contributed by atoms with Crippen LogP contribution in [0.3, 0.4) is 0 Å². The van der Waals surface area contributed by atoms with E-state index in [1.807, 2.05) is 0 Å². The predicted molar refractivity (Wildman–Crippen MR) is 179 cm³/mol. The van der Waals surface area contributed by atoms with Gasteiger partial charge in [0.25, 0.3) is 0 Å². The number of hydrogen-bond donors (Lipinski definition) is 2. The first-order valence-electron chi connectivity index (χ1n) is 18.3. The standard InChI is InChI=1S/C35H69O8P/c1-3-5-7-9-11-12-13-14-15-16-17-18-19-20-21-22-23-24-26-28-30-35(37)43-33(32-42-44(38,39)40)31-41-34(36)29-27-25-10-8-6-4-2/h33H,3-32H2,1-2H3,(H2,38,39,40). The SMILES string of the molecule is CCCCCCCCCCCCCCCCCCCCCCC(=O)OC(COC(=O)CCCCCCCC)COP(=O)(O)O. The van der Waals surface area contributed by atoms with Crippen LogP contribution in [0.25, 0.3) is 0 Å². The Hall–Kier alpha value is -0.950. The molecule has 0 rings (SSSR count). The molecular formula is C35H69O8P. The Labute approximate surface area is 270 Å². The zero-order chi connectivity index (χ0) is 32.6. The minimum atomic E-state index is -4.73. The molecule has 1 atom stereocenters. The topological polar surface area (TPSA) is 119 Å². The number of phosphoric acid groups is 1. The van der Waals surface area contributed by atoms with E-state index in [-0.39, 0.29) is 19.4 Å². The van der Waals surface area contributed by atoms with Crippen molar-refractivity contribution in [3.8, 4) is 0 Å². The van der Waals surface area contributed by atoms with Crippen LogP contribution in [0.2, 0.25) is 0 Å². The van der Waals surface area contributed by atoms with Crippen molar-refractivity contribution in [3.63, 3.8) is 0 Å². The summed E-state index contributed by atoms with van der Waals surface area (Å²) < 4.78 is 26.1. The second-order valence-corrected chi connectivity index (χ2v) is 13.8. The molecule has 0 aromatic carbocycles. The molecule has 0 aromatic heterocycles. The Bertz CT molecular complexity index is 696. The molecule has 0 amide bonds. The van der Waals surface area contributed by atoms with Gasteiger partial charge in [-0.15, -0.1) is 0 Å². The first-order chi connectivity index (χ1) is 21.3. The molecule has 0 aliphatic rings. The zero-order valence-electron chi connectivity index (χ0n) is 28.6. The van der Waals surface area contributed by atoms with Crippen molar-refractivity contribution < 1.29 is 37.9 Å². The van der Waals surface area contributed by atoms with Gasteiger partial charge in [0, 0.05) is 12.8 Å². The van der Waals surface area contributed by atoms with E-state index in [1.54, 1.807) is 0 Å². The number of carbonyl (C=O) groups excluding carboxylic acids is 2. The van der Waals surface area contributed by atoms with Crippen molar-refractivity contribution in [2.45, 2.75) is 200 Å². The van der Waals surface area contributed by atoms with Crippen LogP contribution in [0.1, 0.15) is 194 Å². The van der Waals surface area contributed by atoms with E-state index in [9.17, 15) is 14.2 Å². The van der Waals surface area contributed by atoms with Crippen molar-refractivity contribution in [1.29, 1.82) is 0 Å². The highest BCUT2D eigenvalue weighted by molar-refractivity contribution is 7.46. The smallest absolute Gasteiger partial charge is 0.462 e. The van der Waals surface area contributed by atoms with Gasteiger partial charge in [0.1, 0.15) is 6.61 Å². The van der Waals surface area contributed by atoms with E-state index in [1.165, 1.54) is 122 Å². The van der Waals surface area contributed by atoms with Crippen molar-refractivity contribution >= 4 is 19.8 Å². The van der Waals surface area contributed by atoms with Crippen LogP contribution in [0, 0.1) is 0 Å². The molecule has 2 N–H and O–H groups in total. The highest BCUT2D eigenvalue weighted by Crippen LogP contribution is 2.36. The monoisotopic (exact) mass is 648 g/mol. The lowest BCUT2D eigenvalue weighted by Gasteiger charge is -2.18. The van der Waals surface area contributed by atoms with Crippen LogP contribution < -0.4 is 0 Å². The molecule has 0 aliphatic carbocycles. The van der Waals surface area contributed by atoms with Crippen LogP contribution in [0.15, 0.2) is 0 Å². The number of unbranched alkanes of at least 4 members (excludes halogenated alkanes) is 24. The lowest BCUT2D eigenvalue weighted by atomic mass is 10.0. The predicted octanol–water partition coefficient (Wildman–Crippen LogP) is 10.5. The van der Waals surface area contributed by atoms with Gasteiger partial charge in [-0.2, -0.15) is 0 Å². The third-order valence-electron chi connectivity index (χ3n) is 8.13. The molecule has 0 heterocycles. The fraction of sp³-hybridized carbons (Fsp3) is 0.943. The zero-order valence-corrected chi connectivity index (χ0v) is 29.5. The third-order valence-corrected chi connectivity index (χ3v) is 8.61. The Morgan fingerprint density at radius 2 is 0.818 bits per heavy atom. The quantitative estimate of drug-likeness (QED) is 0.0402. The summed E-state index contributed by atoms with van der Waals surface area (Å²) in [6, 6.07) is 0. The molecule has 0 fully saturated rings. The van der Waals surface area contributed by atoms with Gasteiger partial charge in [0.15, 0.2) is 6.10 Å². The van der Waals surface area contributed by atoms with Gasteiger partial charge in [-0.1, -0.05) is 168 Å². The second kappa shape index (κ2) is 32.0. The normalized spacial score (nSPS) is 12.4. The lowest BCUT2D eigenvalue weighted by Crippen LogP contribution is -2.29. The maximum Gasteiger partial charge on any atom is 0.469 e. The molecule has 1 unspecified atom stereocenters. The molecule has 0 saturated carbocycles. The van der Waals surface area contributed by atoms with Gasteiger partial charge in [-0.05, 0) is 12.8 Å². The molecule has 0 radical (unpaired) electrons. The highest BCUT2D eigenvalue weighted by atomic mass is 31.2. The van der Waals surface area contributed by atoms with E-state index in [2.05, 4.69) is 18.4 Å². The molecule has 9 heteroatoms. The van der Waals surface area contributed by atoms with Gasteiger partial charge >= 0.3 is 19.8 Å². The summed E-state index contributed by atoms with van der Waals surface area (Å²) in [5.41, 5.74) is 0. The number of ether oxygens (including phenoxy) is 2. The van der Waals surface area contributed by atoms with Crippen molar-refractivity contribution in [3.05, 3.63) is 0 Å². The molecule has 0 spiro atoms. The van der Waals surface area contributed by atoms with Crippen LogP contribution in [0.5, 0.6) is 0 Å². The van der Waals surface area contributed by atoms with E-state index in [4.69, 9.17) is 19.3 Å². The van der Waals surface area contributed by atoms with E-state index >= 15 is 0 Å². The maximum absolute atomic E-state index is 12.3. The van der Waals surface area contributed by atoms with Gasteiger partial charge in [0.05, 0.1) is 6.61 Å². The molecule has 8 nitrogen and oxygen atoms in total. The van der Waals surface area contributed by atoms with Crippen LogP contribution in [-0.2, 0) is 28.2 Å². The summed E-state index contributed by atoms with van der Waals surface area (Å²) >= 11 is 0. The fourth-order valence-corrected chi connectivity index (χ4v) is 5.73. The molecule has 0 bridgehead atoms. The van der Waals surface area contributed by atoms with E-state index < -0.39 is 32.5 Å². The number of hydrogen-bond acceptors (Lipinski definition) is 6. The average molecular weight is 649 g/mol. The molecule has 0 aliphatic heterocycles. The first kappa shape index (κ1) is 43.0. The van der Waals surface area contributed by atoms with Gasteiger partial charge in [-0.25, -0.2) is 4.57 Å². The Balaban J connectivity index is 3.78. The minimum absolute atomic E-state index is 0.219. The third kappa shape index (κ3) is 33.9. The number of esters is 2. The average Bonchev–Trinajstić information content (AvgIpc) is 2.98. The van der Waals surface area contributed by atoms with E-state index in [0.29, 0.717) is 6.42 Å². The highest BCUT2D eigenvalue weighted by Gasteiger charge is 2.22. The van der Waals surface area contributed by atoms with Crippen LogP contribution in [0.4, 0.5) is 0 Å². The summed E-state index contributed by atoms with van der Waals surface area (Å²) in [5.74, 6) is -0.884. The van der Waals surface area contributed by atoms with Crippen LogP contribution >= 0.6 is 7.82 Å². The first-order valence-corrected chi connectivity index (χ1v) is 19.9. The van der Waals surface area contributed by atoms with Crippen molar-refractivity contribution in [1.82, 2.24) is 0 Å². The Kier molecular flexibility index (Phi) is 31.3. The Morgan fingerprint density at radius 3 is 1.16 bits per heavy atom. The summed E-state index contributed by atoms with van der Waals surface area (Å²) in [6.45, 7) is 3.62.